The molecular weight excluding hydrogens is 336 g/mol. The average molecular weight is 353 g/mol. The van der Waals surface area contributed by atoms with E-state index in [2.05, 4.69) is 20.7 Å². The summed E-state index contributed by atoms with van der Waals surface area (Å²) in [5.41, 5.74) is 7.07. The minimum Gasteiger partial charge on any atom is -0.272 e. The Morgan fingerprint density at radius 3 is 2.60 bits per heavy atom. The van der Waals surface area contributed by atoms with Crippen LogP contribution in [0.5, 0.6) is 0 Å². The molecule has 0 atom stereocenters. The molecule has 3 rings (SSSR count). The first-order chi connectivity index (χ1) is 12.0. The Hall–Kier alpha value is -2.92. The number of hydrazone groups is 1. The molecule has 25 heavy (non-hydrogen) atoms. The van der Waals surface area contributed by atoms with E-state index in [0.717, 1.165) is 11.1 Å². The van der Waals surface area contributed by atoms with Crippen molar-refractivity contribution in [2.75, 3.05) is 0 Å². The number of carbonyl (C=O) groups excluding carboxylic acids is 1. The van der Waals surface area contributed by atoms with Crippen LogP contribution in [-0.4, -0.2) is 21.8 Å². The molecule has 0 spiro atoms. The van der Waals surface area contributed by atoms with Gasteiger partial charge in [-0.1, -0.05) is 59.6 Å². The first-order valence-electron chi connectivity index (χ1n) is 7.76. The van der Waals surface area contributed by atoms with Crippen LogP contribution in [0.3, 0.4) is 0 Å². The van der Waals surface area contributed by atoms with E-state index in [4.69, 9.17) is 11.6 Å². The molecule has 0 aliphatic carbocycles. The smallest absolute Gasteiger partial charge is 0.272 e. The second kappa shape index (κ2) is 7.32. The fourth-order valence-corrected chi connectivity index (χ4v) is 2.59. The van der Waals surface area contributed by atoms with Crippen molar-refractivity contribution < 1.29 is 4.79 Å². The van der Waals surface area contributed by atoms with Crippen LogP contribution in [-0.2, 0) is 0 Å². The molecule has 0 unspecified atom stereocenters. The van der Waals surface area contributed by atoms with Crippen molar-refractivity contribution in [1.82, 2.24) is 15.6 Å². The summed E-state index contributed by atoms with van der Waals surface area (Å²) in [6, 6.07) is 17.0. The third-order valence-corrected chi connectivity index (χ3v) is 4.09. The van der Waals surface area contributed by atoms with Gasteiger partial charge in [0.25, 0.3) is 5.91 Å². The van der Waals surface area contributed by atoms with E-state index in [9.17, 15) is 4.79 Å². The summed E-state index contributed by atoms with van der Waals surface area (Å²) >= 11 is 6.12. The van der Waals surface area contributed by atoms with Crippen LogP contribution in [0.2, 0.25) is 5.02 Å². The zero-order valence-electron chi connectivity index (χ0n) is 13.9. The van der Waals surface area contributed by atoms with Gasteiger partial charge in [-0.3, -0.25) is 9.89 Å². The molecule has 0 saturated carbocycles. The lowest BCUT2D eigenvalue weighted by atomic mass is 10.1. The number of halogens is 1. The predicted octanol–water partition coefficient (Wildman–Crippen LogP) is 4.19. The Balaban J connectivity index is 1.73. The number of nitrogens with zero attached hydrogens (tertiary/aromatic N) is 2. The lowest BCUT2D eigenvalue weighted by Crippen LogP contribution is -2.19. The van der Waals surface area contributed by atoms with Gasteiger partial charge >= 0.3 is 0 Å². The maximum atomic E-state index is 12.2. The van der Waals surface area contributed by atoms with Crippen molar-refractivity contribution >= 4 is 23.2 Å². The van der Waals surface area contributed by atoms with E-state index in [0.29, 0.717) is 22.1 Å². The number of nitrogens with one attached hydrogen (secondary N) is 2. The number of aryl methyl sites for hydroxylation is 1. The van der Waals surface area contributed by atoms with Crippen molar-refractivity contribution in [3.05, 3.63) is 76.4 Å². The highest BCUT2D eigenvalue weighted by molar-refractivity contribution is 6.34. The van der Waals surface area contributed by atoms with Crippen LogP contribution >= 0.6 is 11.6 Å². The molecule has 126 valence electrons. The monoisotopic (exact) mass is 352 g/mol. The molecule has 6 heteroatoms. The van der Waals surface area contributed by atoms with E-state index < -0.39 is 0 Å². The maximum Gasteiger partial charge on any atom is 0.289 e. The molecule has 0 bridgehead atoms. The third-order valence-electron chi connectivity index (χ3n) is 3.76. The van der Waals surface area contributed by atoms with E-state index in [1.807, 2.05) is 49.4 Å². The third kappa shape index (κ3) is 3.95. The van der Waals surface area contributed by atoms with Crippen LogP contribution in [0.1, 0.15) is 28.5 Å². The Bertz CT molecular complexity index is 929. The van der Waals surface area contributed by atoms with Crippen LogP contribution in [0, 0.1) is 6.92 Å². The summed E-state index contributed by atoms with van der Waals surface area (Å²) in [6.07, 6.45) is 0. The quantitative estimate of drug-likeness (QED) is 0.546. The number of hydrogen-bond donors (Lipinski definition) is 2. The fraction of sp³-hybridized carbons (Fsp3) is 0.105. The van der Waals surface area contributed by atoms with Crippen LogP contribution < -0.4 is 5.43 Å². The SMILES string of the molecule is CC(=NNC(=O)c1cc(-c2ccc(C)cc2)n[nH]1)c1ccccc1Cl. The molecule has 0 fully saturated rings. The lowest BCUT2D eigenvalue weighted by molar-refractivity contribution is 0.0950. The molecule has 0 aliphatic rings. The van der Waals surface area contributed by atoms with Crippen molar-refractivity contribution in [3.63, 3.8) is 0 Å². The Kier molecular flexibility index (Phi) is 4.95. The number of H-pyrrole nitrogens is 1. The summed E-state index contributed by atoms with van der Waals surface area (Å²) < 4.78 is 0. The van der Waals surface area contributed by atoms with Gasteiger partial charge in [0.1, 0.15) is 5.69 Å². The largest absolute Gasteiger partial charge is 0.289 e. The van der Waals surface area contributed by atoms with Crippen molar-refractivity contribution in [3.8, 4) is 11.3 Å². The molecule has 3 aromatic rings. The van der Waals surface area contributed by atoms with Gasteiger partial charge in [-0.15, -0.1) is 0 Å². The second-order valence-corrected chi connectivity index (χ2v) is 6.06. The minimum atomic E-state index is -0.364. The number of rotatable bonds is 4. The Morgan fingerprint density at radius 1 is 1.16 bits per heavy atom. The van der Waals surface area contributed by atoms with Crippen molar-refractivity contribution in [2.24, 2.45) is 5.10 Å². The van der Waals surface area contributed by atoms with Gasteiger partial charge in [0, 0.05) is 16.1 Å². The number of aromatic nitrogens is 2. The van der Waals surface area contributed by atoms with Gasteiger partial charge in [-0.25, -0.2) is 5.43 Å². The molecule has 0 aliphatic heterocycles. The zero-order chi connectivity index (χ0) is 17.8. The lowest BCUT2D eigenvalue weighted by Gasteiger charge is -2.03. The molecule has 1 amide bonds. The minimum absolute atomic E-state index is 0.339. The van der Waals surface area contributed by atoms with Gasteiger partial charge in [0.15, 0.2) is 0 Å². The van der Waals surface area contributed by atoms with Gasteiger partial charge in [0.2, 0.25) is 0 Å². The first-order valence-corrected chi connectivity index (χ1v) is 8.14. The highest BCUT2D eigenvalue weighted by atomic mass is 35.5. The molecule has 0 saturated heterocycles. The summed E-state index contributed by atoms with van der Waals surface area (Å²) in [7, 11) is 0. The maximum absolute atomic E-state index is 12.2. The van der Waals surface area contributed by atoms with Crippen LogP contribution in [0.4, 0.5) is 0 Å². The van der Waals surface area contributed by atoms with E-state index in [1.54, 1.807) is 19.1 Å². The van der Waals surface area contributed by atoms with Gasteiger partial charge in [-0.05, 0) is 26.0 Å². The highest BCUT2D eigenvalue weighted by Gasteiger charge is 2.11. The number of aromatic amines is 1. The topological polar surface area (TPSA) is 70.1 Å². The fourth-order valence-electron chi connectivity index (χ4n) is 2.32. The Morgan fingerprint density at radius 2 is 1.88 bits per heavy atom. The van der Waals surface area contributed by atoms with Gasteiger partial charge in [0.05, 0.1) is 11.4 Å². The van der Waals surface area contributed by atoms with Gasteiger partial charge in [-0.2, -0.15) is 10.2 Å². The molecule has 0 radical (unpaired) electrons. The molecule has 2 aromatic carbocycles. The van der Waals surface area contributed by atoms with E-state index in [-0.39, 0.29) is 5.91 Å². The van der Waals surface area contributed by atoms with Crippen molar-refractivity contribution in [1.29, 1.82) is 0 Å². The highest BCUT2D eigenvalue weighted by Crippen LogP contribution is 2.18. The van der Waals surface area contributed by atoms with Crippen LogP contribution in [0.25, 0.3) is 11.3 Å². The predicted molar refractivity (Wildman–Crippen MR) is 99.9 cm³/mol. The summed E-state index contributed by atoms with van der Waals surface area (Å²) in [5.74, 6) is -0.364. The van der Waals surface area contributed by atoms with Crippen LogP contribution in [0.15, 0.2) is 59.7 Å². The number of carbonyl (C=O) groups is 1. The zero-order valence-corrected chi connectivity index (χ0v) is 14.6. The molecule has 1 heterocycles. The number of benzene rings is 2. The number of hydrogen-bond acceptors (Lipinski definition) is 3. The summed E-state index contributed by atoms with van der Waals surface area (Å²) in [5, 5.41) is 11.6. The summed E-state index contributed by atoms with van der Waals surface area (Å²) in [6.45, 7) is 3.80. The number of amides is 1. The summed E-state index contributed by atoms with van der Waals surface area (Å²) in [4.78, 5) is 12.2. The van der Waals surface area contributed by atoms with Gasteiger partial charge < -0.3 is 0 Å². The Labute approximate surface area is 150 Å². The molecule has 1 aromatic heterocycles. The van der Waals surface area contributed by atoms with E-state index in [1.165, 1.54) is 5.56 Å². The normalized spacial score (nSPS) is 11.4. The standard InChI is InChI=1S/C19H17ClN4O/c1-12-7-9-14(10-8-12)17-11-18(23-22-17)19(25)24-21-13(2)15-5-3-4-6-16(15)20/h3-11H,1-2H3,(H,22,23)(H,24,25). The first kappa shape index (κ1) is 16.9. The second-order valence-electron chi connectivity index (χ2n) is 5.65. The average Bonchev–Trinajstić information content (AvgIpc) is 3.10. The van der Waals surface area contributed by atoms with E-state index >= 15 is 0 Å². The molecule has 2 N–H and O–H groups in total. The molecular formula is C19H17ClN4O. The van der Waals surface area contributed by atoms with Crippen molar-refractivity contribution in [2.45, 2.75) is 13.8 Å². The molecule has 5 nitrogen and oxygen atoms in total.